The predicted octanol–water partition coefficient (Wildman–Crippen LogP) is 1.19. The SMILES string of the molecule is C[NH+]1[C@@H]2CC[C@H]1CC(NS(=O)(=O)c1cccc(C(F)(F)F)c1)C2. The van der Waals surface area contributed by atoms with Crippen LogP contribution in [-0.2, 0) is 16.2 Å². The monoisotopic (exact) mass is 349 g/mol. The maximum absolute atomic E-state index is 12.8. The van der Waals surface area contributed by atoms with Gasteiger partial charge < -0.3 is 4.90 Å². The summed E-state index contributed by atoms with van der Waals surface area (Å²) in [6.07, 6.45) is -0.917. The summed E-state index contributed by atoms with van der Waals surface area (Å²) in [5.74, 6) is 0. The summed E-state index contributed by atoms with van der Waals surface area (Å²) in [5.41, 5.74) is -0.951. The van der Waals surface area contributed by atoms with Gasteiger partial charge in [0.05, 0.1) is 29.6 Å². The summed E-state index contributed by atoms with van der Waals surface area (Å²) in [4.78, 5) is 1.12. The molecule has 1 aromatic carbocycles. The molecule has 4 nitrogen and oxygen atoms in total. The molecule has 8 heteroatoms. The van der Waals surface area contributed by atoms with Crippen LogP contribution in [0.4, 0.5) is 13.2 Å². The van der Waals surface area contributed by atoms with Crippen molar-refractivity contribution in [3.8, 4) is 0 Å². The van der Waals surface area contributed by atoms with Gasteiger partial charge in [-0.15, -0.1) is 0 Å². The third kappa shape index (κ3) is 3.39. The number of fused-ring (bicyclic) bond motifs is 2. The average Bonchev–Trinajstić information content (AvgIpc) is 2.69. The van der Waals surface area contributed by atoms with Crippen molar-refractivity contribution < 1.29 is 26.5 Å². The molecule has 2 aliphatic heterocycles. The number of benzene rings is 1. The topological polar surface area (TPSA) is 50.6 Å². The highest BCUT2D eigenvalue weighted by molar-refractivity contribution is 7.89. The highest BCUT2D eigenvalue weighted by Crippen LogP contribution is 2.31. The maximum atomic E-state index is 12.8. The van der Waals surface area contributed by atoms with E-state index in [0.29, 0.717) is 18.2 Å². The first-order chi connectivity index (χ1) is 10.7. The Morgan fingerprint density at radius 3 is 2.35 bits per heavy atom. The molecule has 2 N–H and O–H groups in total. The maximum Gasteiger partial charge on any atom is 0.416 e. The van der Waals surface area contributed by atoms with Gasteiger partial charge in [-0.1, -0.05) is 6.07 Å². The van der Waals surface area contributed by atoms with Gasteiger partial charge in [0, 0.05) is 31.7 Å². The molecular formula is C15H20F3N2O2S+. The van der Waals surface area contributed by atoms with E-state index in [1.165, 1.54) is 11.0 Å². The summed E-state index contributed by atoms with van der Waals surface area (Å²) in [5, 5.41) is 0. The molecule has 0 saturated carbocycles. The van der Waals surface area contributed by atoms with E-state index in [1.54, 1.807) is 0 Å². The Kier molecular flexibility index (Phi) is 4.18. The average molecular weight is 349 g/mol. The lowest BCUT2D eigenvalue weighted by Gasteiger charge is -2.33. The lowest BCUT2D eigenvalue weighted by atomic mass is 9.99. The molecule has 1 aromatic rings. The van der Waals surface area contributed by atoms with E-state index in [1.807, 2.05) is 0 Å². The molecule has 0 radical (unpaired) electrons. The van der Waals surface area contributed by atoms with E-state index in [9.17, 15) is 21.6 Å². The first-order valence-electron chi connectivity index (χ1n) is 7.70. The van der Waals surface area contributed by atoms with E-state index < -0.39 is 21.8 Å². The number of nitrogens with one attached hydrogen (secondary N) is 2. The van der Waals surface area contributed by atoms with Crippen molar-refractivity contribution >= 4 is 10.0 Å². The largest absolute Gasteiger partial charge is 0.416 e. The highest BCUT2D eigenvalue weighted by Gasteiger charge is 2.43. The molecule has 0 aromatic heterocycles. The fourth-order valence-corrected chi connectivity index (χ4v) is 5.11. The highest BCUT2D eigenvalue weighted by atomic mass is 32.2. The molecular weight excluding hydrogens is 329 g/mol. The smallest absolute Gasteiger partial charge is 0.332 e. The van der Waals surface area contributed by atoms with Gasteiger partial charge in [-0.05, 0) is 18.2 Å². The van der Waals surface area contributed by atoms with E-state index in [0.717, 1.165) is 37.8 Å². The zero-order chi connectivity index (χ0) is 16.8. The predicted molar refractivity (Wildman–Crippen MR) is 78.5 cm³/mol. The Bertz CT molecular complexity index is 676. The van der Waals surface area contributed by atoms with Gasteiger partial charge in [0.15, 0.2) is 0 Å². The van der Waals surface area contributed by atoms with E-state index >= 15 is 0 Å². The van der Waals surface area contributed by atoms with Crippen LogP contribution in [0.15, 0.2) is 29.2 Å². The summed E-state index contributed by atoms with van der Waals surface area (Å²) in [6, 6.07) is 4.56. The normalized spacial score (nSPS) is 31.3. The van der Waals surface area contributed by atoms with Crippen LogP contribution in [0.2, 0.25) is 0 Å². The van der Waals surface area contributed by atoms with Crippen molar-refractivity contribution in [2.75, 3.05) is 7.05 Å². The van der Waals surface area contributed by atoms with Crippen LogP contribution in [0.5, 0.6) is 0 Å². The first-order valence-corrected chi connectivity index (χ1v) is 9.18. The molecule has 2 aliphatic rings. The van der Waals surface area contributed by atoms with Gasteiger partial charge >= 0.3 is 6.18 Å². The molecule has 128 valence electrons. The van der Waals surface area contributed by atoms with Gasteiger partial charge in [0.1, 0.15) is 0 Å². The third-order valence-corrected chi connectivity index (χ3v) is 6.60. The number of piperidine rings is 1. The molecule has 0 aliphatic carbocycles. The minimum absolute atomic E-state index is 0.198. The first kappa shape index (κ1) is 16.7. The fraction of sp³-hybridized carbons (Fsp3) is 0.600. The minimum atomic E-state index is -4.55. The number of hydrogen-bond donors (Lipinski definition) is 2. The molecule has 2 saturated heterocycles. The lowest BCUT2D eigenvalue weighted by Crippen LogP contribution is -3.15. The van der Waals surface area contributed by atoms with Gasteiger partial charge in [-0.25, -0.2) is 13.1 Å². The second kappa shape index (κ2) is 5.75. The van der Waals surface area contributed by atoms with Crippen LogP contribution < -0.4 is 9.62 Å². The van der Waals surface area contributed by atoms with Crippen LogP contribution in [0.25, 0.3) is 0 Å². The van der Waals surface area contributed by atoms with Crippen molar-refractivity contribution in [3.63, 3.8) is 0 Å². The molecule has 2 bridgehead atoms. The van der Waals surface area contributed by atoms with Gasteiger partial charge in [0.2, 0.25) is 10.0 Å². The second-order valence-corrected chi connectivity index (χ2v) is 8.24. The Hall–Kier alpha value is -1.12. The second-order valence-electron chi connectivity index (χ2n) is 6.53. The van der Waals surface area contributed by atoms with Crippen molar-refractivity contribution in [1.82, 2.24) is 4.72 Å². The molecule has 0 amide bonds. The summed E-state index contributed by atoms with van der Waals surface area (Å²) < 4.78 is 65.7. The van der Waals surface area contributed by atoms with Crippen molar-refractivity contribution in [3.05, 3.63) is 29.8 Å². The molecule has 23 heavy (non-hydrogen) atoms. The van der Waals surface area contributed by atoms with E-state index in [4.69, 9.17) is 0 Å². The third-order valence-electron chi connectivity index (χ3n) is 5.08. The van der Waals surface area contributed by atoms with Crippen molar-refractivity contribution in [2.24, 2.45) is 0 Å². The van der Waals surface area contributed by atoms with Gasteiger partial charge in [-0.2, -0.15) is 13.2 Å². The number of hydrogen-bond acceptors (Lipinski definition) is 2. The van der Waals surface area contributed by atoms with Crippen LogP contribution in [0, 0.1) is 0 Å². The number of alkyl halides is 3. The molecule has 3 rings (SSSR count). The van der Waals surface area contributed by atoms with Crippen LogP contribution in [0.1, 0.15) is 31.2 Å². The molecule has 2 heterocycles. The zero-order valence-corrected chi connectivity index (χ0v) is 13.5. The summed E-state index contributed by atoms with van der Waals surface area (Å²) in [6.45, 7) is 0. The van der Waals surface area contributed by atoms with E-state index in [2.05, 4.69) is 11.8 Å². The van der Waals surface area contributed by atoms with Crippen LogP contribution in [-0.4, -0.2) is 33.6 Å². The van der Waals surface area contributed by atoms with Crippen LogP contribution in [0.3, 0.4) is 0 Å². The van der Waals surface area contributed by atoms with Crippen molar-refractivity contribution in [1.29, 1.82) is 0 Å². The number of sulfonamides is 1. The molecule has 2 fully saturated rings. The summed E-state index contributed by atoms with van der Waals surface area (Å²) >= 11 is 0. The Morgan fingerprint density at radius 1 is 1.17 bits per heavy atom. The Labute approximate surface area is 133 Å². The number of quaternary nitrogens is 1. The van der Waals surface area contributed by atoms with Gasteiger partial charge in [0.25, 0.3) is 0 Å². The zero-order valence-electron chi connectivity index (χ0n) is 12.7. The van der Waals surface area contributed by atoms with Crippen molar-refractivity contribution in [2.45, 2.75) is 54.9 Å². The van der Waals surface area contributed by atoms with Crippen LogP contribution >= 0.6 is 0 Å². The fourth-order valence-electron chi connectivity index (χ4n) is 3.80. The standard InChI is InChI=1S/C15H19F3N2O2S/c1-20-12-5-6-13(20)9-11(8-12)19-23(21,22)14-4-2-3-10(7-14)15(16,17)18/h2-4,7,11-13,19H,5-6,8-9H2,1H3/p+1/t11?,12-,13+. The van der Waals surface area contributed by atoms with E-state index in [-0.39, 0.29) is 10.9 Å². The molecule has 0 spiro atoms. The Morgan fingerprint density at radius 2 is 1.78 bits per heavy atom. The lowest BCUT2D eigenvalue weighted by molar-refractivity contribution is -0.922. The van der Waals surface area contributed by atoms with Gasteiger partial charge in [-0.3, -0.25) is 0 Å². The number of halogens is 3. The minimum Gasteiger partial charge on any atom is -0.332 e. The Balaban J connectivity index is 1.78. The number of rotatable bonds is 3. The summed E-state index contributed by atoms with van der Waals surface area (Å²) in [7, 11) is -1.81. The molecule has 4 atom stereocenters. The molecule has 2 unspecified atom stereocenters. The quantitative estimate of drug-likeness (QED) is 0.861.